The topological polar surface area (TPSA) is 58.6 Å². The highest BCUT2D eigenvalue weighted by Gasteiger charge is 2.28. The summed E-state index contributed by atoms with van der Waals surface area (Å²) in [5.41, 5.74) is 1.97. The number of aliphatic carboxylic acids is 1. The van der Waals surface area contributed by atoms with E-state index in [9.17, 15) is 18.0 Å². The van der Waals surface area contributed by atoms with E-state index in [0.29, 0.717) is 0 Å². The van der Waals surface area contributed by atoms with E-state index in [1.807, 2.05) is 5.48 Å². The van der Waals surface area contributed by atoms with E-state index in [-0.39, 0.29) is 6.42 Å². The molecule has 0 aromatic carbocycles. The Bertz CT molecular complexity index is 171. The molecule has 0 radical (unpaired) electrons. The predicted octanol–water partition coefficient (Wildman–Crippen LogP) is 0.933. The van der Waals surface area contributed by atoms with Crippen molar-refractivity contribution in [2.45, 2.75) is 25.6 Å². The van der Waals surface area contributed by atoms with Crippen LogP contribution in [0.25, 0.3) is 0 Å². The molecule has 7 heteroatoms. The second-order valence-electron chi connectivity index (χ2n) is 2.52. The Morgan fingerprint density at radius 3 is 2.54 bits per heavy atom. The molecule has 4 nitrogen and oxygen atoms in total. The number of hydroxylamine groups is 1. The van der Waals surface area contributed by atoms with Gasteiger partial charge in [0, 0.05) is 6.04 Å². The largest absolute Gasteiger partial charge is 0.481 e. The van der Waals surface area contributed by atoms with Gasteiger partial charge in [0.1, 0.15) is 0 Å². The molecule has 0 aliphatic carbocycles. The number of carboxylic acid groups (broad SMARTS) is 1. The maximum absolute atomic E-state index is 11.5. The van der Waals surface area contributed by atoms with Crippen molar-refractivity contribution in [2.75, 3.05) is 6.61 Å². The van der Waals surface area contributed by atoms with Crippen molar-refractivity contribution >= 4 is 5.97 Å². The second kappa shape index (κ2) is 5.03. The average Bonchev–Trinajstić information content (AvgIpc) is 1.81. The summed E-state index contributed by atoms with van der Waals surface area (Å²) in [5.74, 6) is -1.10. The van der Waals surface area contributed by atoms with E-state index >= 15 is 0 Å². The molecule has 13 heavy (non-hydrogen) atoms. The Balaban J connectivity index is 3.48. The van der Waals surface area contributed by atoms with Gasteiger partial charge in [0.25, 0.3) is 0 Å². The standard InChI is InChI=1S/C6H10F3NO3/c1-4(2-5(11)12)10-13-3-6(7,8)9/h4,10H,2-3H2,1H3,(H,11,12). The Morgan fingerprint density at radius 1 is 1.62 bits per heavy atom. The first-order valence-corrected chi connectivity index (χ1v) is 3.47. The Hall–Kier alpha value is -0.820. The highest BCUT2D eigenvalue weighted by Crippen LogP contribution is 2.13. The lowest BCUT2D eigenvalue weighted by Gasteiger charge is -2.12. The molecule has 0 aliphatic heterocycles. The minimum absolute atomic E-state index is 0.294. The molecule has 0 aliphatic rings. The Kier molecular flexibility index (Phi) is 4.71. The fourth-order valence-corrected chi connectivity index (χ4v) is 0.569. The molecule has 0 fully saturated rings. The molecule has 0 spiro atoms. The van der Waals surface area contributed by atoms with Gasteiger partial charge in [-0.25, -0.2) is 0 Å². The van der Waals surface area contributed by atoms with Crippen molar-refractivity contribution < 1.29 is 27.9 Å². The number of carbonyl (C=O) groups is 1. The molecule has 0 saturated heterocycles. The minimum Gasteiger partial charge on any atom is -0.481 e. The quantitative estimate of drug-likeness (QED) is 0.650. The summed E-state index contributed by atoms with van der Waals surface area (Å²) in [6.07, 6.45) is -4.70. The lowest BCUT2D eigenvalue weighted by Crippen LogP contribution is -2.32. The van der Waals surface area contributed by atoms with E-state index in [1.165, 1.54) is 6.92 Å². The average molecular weight is 201 g/mol. The number of rotatable bonds is 5. The molecule has 2 N–H and O–H groups in total. The third-order valence-electron chi connectivity index (χ3n) is 1.00. The van der Waals surface area contributed by atoms with Crippen LogP contribution in [0.15, 0.2) is 0 Å². The molecule has 0 saturated carbocycles. The van der Waals surface area contributed by atoms with Crippen LogP contribution in [0.4, 0.5) is 13.2 Å². The smallest absolute Gasteiger partial charge is 0.413 e. The number of carboxylic acids is 1. The van der Waals surface area contributed by atoms with Gasteiger partial charge in [-0.05, 0) is 6.92 Å². The summed E-state index contributed by atoms with van der Waals surface area (Å²) in [4.78, 5) is 14.1. The summed E-state index contributed by atoms with van der Waals surface area (Å²) in [7, 11) is 0. The van der Waals surface area contributed by atoms with Crippen molar-refractivity contribution in [3.63, 3.8) is 0 Å². The number of hydrogen-bond donors (Lipinski definition) is 2. The van der Waals surface area contributed by atoms with Crippen molar-refractivity contribution in [3.8, 4) is 0 Å². The molecule has 0 aromatic heterocycles. The van der Waals surface area contributed by atoms with Crippen LogP contribution in [0.1, 0.15) is 13.3 Å². The van der Waals surface area contributed by atoms with Crippen LogP contribution in [0.2, 0.25) is 0 Å². The van der Waals surface area contributed by atoms with E-state index in [2.05, 4.69) is 4.84 Å². The first-order valence-electron chi connectivity index (χ1n) is 3.47. The SMILES string of the molecule is CC(CC(=O)O)NOCC(F)(F)F. The molecule has 1 atom stereocenters. The van der Waals surface area contributed by atoms with E-state index in [4.69, 9.17) is 5.11 Å². The second-order valence-corrected chi connectivity index (χ2v) is 2.52. The molecule has 0 bridgehead atoms. The molecule has 0 rings (SSSR count). The number of alkyl halides is 3. The third kappa shape index (κ3) is 9.09. The molecular formula is C6H10F3NO3. The number of hydrogen-bond acceptors (Lipinski definition) is 3. The molecule has 0 amide bonds. The third-order valence-corrected chi connectivity index (χ3v) is 1.00. The normalized spacial score (nSPS) is 14.2. The number of halogens is 3. The van der Waals surface area contributed by atoms with Crippen LogP contribution in [0.5, 0.6) is 0 Å². The van der Waals surface area contributed by atoms with Gasteiger partial charge in [-0.3, -0.25) is 9.63 Å². The fourth-order valence-electron chi connectivity index (χ4n) is 0.569. The molecular weight excluding hydrogens is 191 g/mol. The summed E-state index contributed by atoms with van der Waals surface area (Å²) < 4.78 is 34.5. The van der Waals surface area contributed by atoms with E-state index < -0.39 is 24.8 Å². The van der Waals surface area contributed by atoms with Gasteiger partial charge in [-0.1, -0.05) is 0 Å². The molecule has 1 unspecified atom stereocenters. The van der Waals surface area contributed by atoms with Crippen LogP contribution in [0, 0.1) is 0 Å². The first kappa shape index (κ1) is 12.2. The van der Waals surface area contributed by atoms with Gasteiger partial charge in [0.2, 0.25) is 0 Å². The van der Waals surface area contributed by atoms with Crippen molar-refractivity contribution in [3.05, 3.63) is 0 Å². The maximum atomic E-state index is 11.5. The summed E-state index contributed by atoms with van der Waals surface area (Å²) in [6, 6.07) is -0.653. The van der Waals surface area contributed by atoms with E-state index in [0.717, 1.165) is 0 Å². The lowest BCUT2D eigenvalue weighted by molar-refractivity contribution is -0.192. The van der Waals surface area contributed by atoms with Crippen LogP contribution in [-0.4, -0.2) is 29.9 Å². The van der Waals surface area contributed by atoms with Crippen LogP contribution >= 0.6 is 0 Å². The van der Waals surface area contributed by atoms with Gasteiger partial charge < -0.3 is 5.11 Å². The summed E-state index contributed by atoms with van der Waals surface area (Å²) in [6.45, 7) is -0.0263. The fraction of sp³-hybridized carbons (Fsp3) is 0.833. The van der Waals surface area contributed by atoms with Crippen molar-refractivity contribution in [1.82, 2.24) is 5.48 Å². The first-order chi connectivity index (χ1) is 5.81. The Labute approximate surface area is 72.6 Å². The van der Waals surface area contributed by atoms with Gasteiger partial charge >= 0.3 is 12.1 Å². The zero-order valence-corrected chi connectivity index (χ0v) is 6.89. The molecule has 0 aromatic rings. The van der Waals surface area contributed by atoms with Gasteiger partial charge in [0.15, 0.2) is 6.61 Å². The minimum atomic E-state index is -4.41. The highest BCUT2D eigenvalue weighted by atomic mass is 19.4. The van der Waals surface area contributed by atoms with Crippen molar-refractivity contribution in [2.24, 2.45) is 0 Å². The Morgan fingerprint density at radius 2 is 2.15 bits per heavy atom. The maximum Gasteiger partial charge on any atom is 0.413 e. The number of nitrogens with one attached hydrogen (secondary N) is 1. The van der Waals surface area contributed by atoms with Gasteiger partial charge in [-0.15, -0.1) is 0 Å². The van der Waals surface area contributed by atoms with Gasteiger partial charge in [0.05, 0.1) is 6.42 Å². The lowest BCUT2D eigenvalue weighted by atomic mass is 10.2. The zero-order valence-electron chi connectivity index (χ0n) is 6.89. The zero-order chi connectivity index (χ0) is 10.5. The monoisotopic (exact) mass is 201 g/mol. The van der Waals surface area contributed by atoms with Crippen LogP contribution in [-0.2, 0) is 9.63 Å². The molecule has 78 valence electrons. The molecule has 0 heterocycles. The van der Waals surface area contributed by atoms with Crippen LogP contribution < -0.4 is 5.48 Å². The summed E-state index contributed by atoms with van der Waals surface area (Å²) >= 11 is 0. The van der Waals surface area contributed by atoms with Crippen LogP contribution in [0.3, 0.4) is 0 Å². The predicted molar refractivity (Wildman–Crippen MR) is 36.9 cm³/mol. The highest BCUT2D eigenvalue weighted by molar-refractivity contribution is 5.67. The summed E-state index contributed by atoms with van der Waals surface area (Å²) in [5, 5.41) is 8.23. The van der Waals surface area contributed by atoms with E-state index in [1.54, 1.807) is 0 Å². The van der Waals surface area contributed by atoms with Gasteiger partial charge in [-0.2, -0.15) is 18.7 Å². The van der Waals surface area contributed by atoms with Crippen molar-refractivity contribution in [1.29, 1.82) is 0 Å².